The molecule has 0 aliphatic carbocycles. The molecule has 1 amide bonds. The number of carbonyl (C=O) groups excluding carboxylic acids is 2. The standard InChI is InChI=1S/C66H129NO5/c1-3-5-7-9-11-13-15-17-19-21-22-23-24-25-26-27-28-30-31-34-38-42-46-50-54-58-64(69)63(62-68)67-65(70)59-55-51-47-43-39-35-33-37-41-45-49-53-57-61-72-66(71)60-56-52-48-44-40-36-32-29-20-18-16-14-12-10-8-6-4-2/h18,20,63-64,68-69H,3-17,19,21-62H2,1-2H3,(H,67,70)/b20-18-. The third-order valence-electron chi connectivity index (χ3n) is 15.6. The van der Waals surface area contributed by atoms with Crippen molar-refractivity contribution < 1.29 is 24.5 Å². The van der Waals surface area contributed by atoms with Crippen LogP contribution >= 0.6 is 0 Å². The molecule has 0 fully saturated rings. The Labute approximate surface area is 450 Å². The lowest BCUT2D eigenvalue weighted by molar-refractivity contribution is -0.143. The number of aliphatic hydroxyl groups excluding tert-OH is 2. The molecule has 0 heterocycles. The van der Waals surface area contributed by atoms with Gasteiger partial charge in [-0.3, -0.25) is 9.59 Å². The van der Waals surface area contributed by atoms with Crippen LogP contribution in [0.25, 0.3) is 0 Å². The second kappa shape index (κ2) is 62.1. The molecule has 0 aliphatic heterocycles. The molecule has 0 saturated heterocycles. The average Bonchev–Trinajstić information content (AvgIpc) is 3.38. The van der Waals surface area contributed by atoms with Gasteiger partial charge in [-0.1, -0.05) is 321 Å². The number of rotatable bonds is 62. The van der Waals surface area contributed by atoms with Crippen molar-refractivity contribution >= 4 is 11.9 Å². The Hall–Kier alpha value is -1.40. The predicted molar refractivity (Wildman–Crippen MR) is 315 cm³/mol. The Kier molecular flexibility index (Phi) is 60.9. The first-order chi connectivity index (χ1) is 35.5. The molecule has 6 nitrogen and oxygen atoms in total. The Morgan fingerprint density at radius 2 is 0.653 bits per heavy atom. The van der Waals surface area contributed by atoms with E-state index in [9.17, 15) is 19.8 Å². The molecule has 0 aromatic heterocycles. The fraction of sp³-hybridized carbons (Fsp3) is 0.939. The molecule has 0 aromatic carbocycles. The van der Waals surface area contributed by atoms with Crippen LogP contribution in [0.2, 0.25) is 0 Å². The summed E-state index contributed by atoms with van der Waals surface area (Å²) in [7, 11) is 0. The number of unbranched alkanes of at least 4 members (excludes halogenated alkanes) is 49. The summed E-state index contributed by atoms with van der Waals surface area (Å²) in [5, 5.41) is 23.4. The summed E-state index contributed by atoms with van der Waals surface area (Å²) in [6, 6.07) is -0.552. The lowest BCUT2D eigenvalue weighted by Crippen LogP contribution is -2.45. The predicted octanol–water partition coefficient (Wildman–Crippen LogP) is 20.8. The minimum atomic E-state index is -0.674. The monoisotopic (exact) mass is 1020 g/mol. The number of esters is 1. The van der Waals surface area contributed by atoms with Crippen molar-refractivity contribution in [2.24, 2.45) is 0 Å². The summed E-state index contributed by atoms with van der Waals surface area (Å²) in [6.45, 7) is 4.96. The van der Waals surface area contributed by atoms with Crippen molar-refractivity contribution in [1.29, 1.82) is 0 Å². The zero-order valence-electron chi connectivity index (χ0n) is 48.9. The van der Waals surface area contributed by atoms with Crippen LogP contribution in [0.1, 0.15) is 373 Å². The topological polar surface area (TPSA) is 95.9 Å². The molecule has 428 valence electrons. The second-order valence-corrected chi connectivity index (χ2v) is 22.8. The zero-order valence-corrected chi connectivity index (χ0v) is 48.9. The van der Waals surface area contributed by atoms with Gasteiger partial charge in [-0.25, -0.2) is 0 Å². The summed E-state index contributed by atoms with van der Waals surface area (Å²) in [5.41, 5.74) is 0. The van der Waals surface area contributed by atoms with Gasteiger partial charge in [-0.2, -0.15) is 0 Å². The maximum absolute atomic E-state index is 12.5. The van der Waals surface area contributed by atoms with Gasteiger partial charge >= 0.3 is 5.97 Å². The molecule has 2 unspecified atom stereocenters. The smallest absolute Gasteiger partial charge is 0.305 e. The van der Waals surface area contributed by atoms with Gasteiger partial charge in [0.1, 0.15) is 0 Å². The molecule has 0 saturated carbocycles. The Morgan fingerprint density at radius 3 is 0.986 bits per heavy atom. The number of amides is 1. The van der Waals surface area contributed by atoms with Gasteiger partial charge in [0, 0.05) is 12.8 Å². The first kappa shape index (κ1) is 70.6. The van der Waals surface area contributed by atoms with E-state index < -0.39 is 12.1 Å². The number of allylic oxidation sites excluding steroid dienone is 2. The van der Waals surface area contributed by atoms with E-state index in [1.165, 1.54) is 289 Å². The molecule has 6 heteroatoms. The molecule has 0 bridgehead atoms. The van der Waals surface area contributed by atoms with Gasteiger partial charge in [0.05, 0.1) is 25.4 Å². The van der Waals surface area contributed by atoms with Crippen molar-refractivity contribution in [1.82, 2.24) is 5.32 Å². The van der Waals surface area contributed by atoms with Crippen molar-refractivity contribution in [2.45, 2.75) is 386 Å². The minimum Gasteiger partial charge on any atom is -0.466 e. The largest absolute Gasteiger partial charge is 0.466 e. The van der Waals surface area contributed by atoms with E-state index in [1.807, 2.05) is 0 Å². The third kappa shape index (κ3) is 57.9. The highest BCUT2D eigenvalue weighted by atomic mass is 16.5. The highest BCUT2D eigenvalue weighted by molar-refractivity contribution is 5.76. The van der Waals surface area contributed by atoms with E-state index in [4.69, 9.17) is 4.74 Å². The van der Waals surface area contributed by atoms with Crippen LogP contribution < -0.4 is 5.32 Å². The zero-order chi connectivity index (χ0) is 52.2. The van der Waals surface area contributed by atoms with Crippen molar-refractivity contribution in [2.75, 3.05) is 13.2 Å². The van der Waals surface area contributed by atoms with Gasteiger partial charge < -0.3 is 20.3 Å². The maximum atomic E-state index is 12.5. The van der Waals surface area contributed by atoms with Crippen LogP contribution in [0, 0.1) is 0 Å². The third-order valence-corrected chi connectivity index (χ3v) is 15.6. The molecule has 0 radical (unpaired) electrons. The van der Waals surface area contributed by atoms with Crippen molar-refractivity contribution in [3.05, 3.63) is 12.2 Å². The molecule has 0 aromatic rings. The van der Waals surface area contributed by atoms with Crippen molar-refractivity contribution in [3.63, 3.8) is 0 Å². The molecule has 0 spiro atoms. The number of hydrogen-bond donors (Lipinski definition) is 3. The first-order valence-electron chi connectivity index (χ1n) is 32.9. The Bertz CT molecular complexity index is 1080. The minimum absolute atomic E-state index is 0.00712. The van der Waals surface area contributed by atoms with E-state index in [2.05, 4.69) is 31.3 Å². The quantitative estimate of drug-likeness (QED) is 0.0320. The number of ether oxygens (including phenoxy) is 1. The fourth-order valence-corrected chi connectivity index (χ4v) is 10.5. The molecular weight excluding hydrogens is 887 g/mol. The Balaban J connectivity index is 3.42. The van der Waals surface area contributed by atoms with Crippen LogP contribution in [-0.4, -0.2) is 47.4 Å². The van der Waals surface area contributed by atoms with E-state index >= 15 is 0 Å². The summed E-state index contributed by atoms with van der Waals surface area (Å²) in [4.78, 5) is 24.6. The SMILES string of the molecule is CCCCCCCC/C=C\CCCCCCCCCC(=O)OCCCCCCCCCCCCCCCC(=O)NC(CO)C(O)CCCCCCCCCCCCCCCCCCCCCCCCCCC. The van der Waals surface area contributed by atoms with Crippen LogP contribution in [0.4, 0.5) is 0 Å². The molecular formula is C66H129NO5. The van der Waals surface area contributed by atoms with Gasteiger partial charge in [0.2, 0.25) is 5.91 Å². The van der Waals surface area contributed by atoms with Gasteiger partial charge in [0.15, 0.2) is 0 Å². The van der Waals surface area contributed by atoms with Crippen LogP contribution in [0.3, 0.4) is 0 Å². The summed E-state index contributed by atoms with van der Waals surface area (Å²) in [6.07, 6.45) is 75.1. The normalized spacial score (nSPS) is 12.6. The van der Waals surface area contributed by atoms with Crippen molar-refractivity contribution in [3.8, 4) is 0 Å². The van der Waals surface area contributed by atoms with Gasteiger partial charge in [-0.05, 0) is 51.4 Å². The average molecular weight is 1020 g/mol. The van der Waals surface area contributed by atoms with Crippen LogP contribution in [0.5, 0.6) is 0 Å². The summed E-state index contributed by atoms with van der Waals surface area (Å²) >= 11 is 0. The number of aliphatic hydroxyl groups is 2. The molecule has 0 aliphatic rings. The van der Waals surface area contributed by atoms with E-state index in [-0.39, 0.29) is 18.5 Å². The number of carbonyl (C=O) groups is 2. The Morgan fingerprint density at radius 1 is 0.375 bits per heavy atom. The molecule has 3 N–H and O–H groups in total. The van der Waals surface area contributed by atoms with Gasteiger partial charge in [-0.15, -0.1) is 0 Å². The summed E-state index contributed by atoms with van der Waals surface area (Å²) < 4.78 is 5.49. The number of hydrogen-bond acceptors (Lipinski definition) is 5. The summed E-state index contributed by atoms with van der Waals surface area (Å²) in [5.74, 6) is -0.0502. The second-order valence-electron chi connectivity index (χ2n) is 22.8. The maximum Gasteiger partial charge on any atom is 0.305 e. The molecule has 0 rings (SSSR count). The highest BCUT2D eigenvalue weighted by Gasteiger charge is 2.20. The van der Waals surface area contributed by atoms with Gasteiger partial charge in [0.25, 0.3) is 0 Å². The molecule has 72 heavy (non-hydrogen) atoms. The lowest BCUT2D eigenvalue weighted by Gasteiger charge is -2.22. The van der Waals surface area contributed by atoms with E-state index in [0.29, 0.717) is 25.9 Å². The fourth-order valence-electron chi connectivity index (χ4n) is 10.5. The van der Waals surface area contributed by atoms with E-state index in [1.54, 1.807) is 0 Å². The lowest BCUT2D eigenvalue weighted by atomic mass is 10.0. The first-order valence-corrected chi connectivity index (χ1v) is 32.9. The highest BCUT2D eigenvalue weighted by Crippen LogP contribution is 2.19. The van der Waals surface area contributed by atoms with E-state index in [0.717, 1.165) is 51.4 Å². The van der Waals surface area contributed by atoms with Crippen LogP contribution in [-0.2, 0) is 14.3 Å². The number of nitrogens with one attached hydrogen (secondary N) is 1. The molecule has 2 atom stereocenters. The van der Waals surface area contributed by atoms with Crippen LogP contribution in [0.15, 0.2) is 12.2 Å².